The SMILES string of the molecule is O=C1C=CC2C=CC1C(C(=O)O)C2C(=O)O. The maximum Gasteiger partial charge on any atom is 0.308 e. The van der Waals surface area contributed by atoms with E-state index in [1.54, 1.807) is 6.08 Å². The fraction of sp³-hybridized carbons (Fsp3) is 0.364. The molecule has 16 heavy (non-hydrogen) atoms. The summed E-state index contributed by atoms with van der Waals surface area (Å²) in [6, 6.07) is 0. The highest BCUT2D eigenvalue weighted by Gasteiger charge is 2.47. The molecule has 0 heterocycles. The lowest BCUT2D eigenvalue weighted by Gasteiger charge is -2.30. The van der Waals surface area contributed by atoms with Gasteiger partial charge in [0.1, 0.15) is 0 Å². The molecule has 4 unspecified atom stereocenters. The van der Waals surface area contributed by atoms with Crippen LogP contribution in [0.4, 0.5) is 0 Å². The number of rotatable bonds is 2. The molecular weight excluding hydrogens is 212 g/mol. The van der Waals surface area contributed by atoms with Crippen molar-refractivity contribution < 1.29 is 24.6 Å². The molecule has 0 spiro atoms. The second-order valence-electron chi connectivity index (χ2n) is 3.98. The zero-order chi connectivity index (χ0) is 11.9. The Labute approximate surface area is 91.1 Å². The summed E-state index contributed by atoms with van der Waals surface area (Å²) in [5.74, 6) is -6.34. The zero-order valence-electron chi connectivity index (χ0n) is 8.24. The predicted molar refractivity (Wildman–Crippen MR) is 52.5 cm³/mol. The minimum atomic E-state index is -1.23. The molecule has 5 nitrogen and oxygen atoms in total. The number of carboxylic acid groups (broad SMARTS) is 2. The highest BCUT2D eigenvalue weighted by Crippen LogP contribution is 2.38. The smallest absolute Gasteiger partial charge is 0.308 e. The molecular formula is C11H10O5. The quantitative estimate of drug-likeness (QED) is 0.657. The third kappa shape index (κ3) is 1.44. The second kappa shape index (κ2) is 3.59. The molecule has 0 aromatic rings. The molecule has 0 saturated carbocycles. The Morgan fingerprint density at radius 3 is 2.19 bits per heavy atom. The number of ketones is 1. The van der Waals surface area contributed by atoms with Crippen molar-refractivity contribution in [3.8, 4) is 0 Å². The van der Waals surface area contributed by atoms with Crippen molar-refractivity contribution in [3.05, 3.63) is 24.3 Å². The van der Waals surface area contributed by atoms with E-state index in [1.165, 1.54) is 18.2 Å². The molecule has 2 N–H and O–H groups in total. The molecule has 0 radical (unpaired) electrons. The first-order chi connectivity index (χ1) is 7.52. The molecule has 0 amide bonds. The number of carboxylic acids is 2. The largest absolute Gasteiger partial charge is 0.481 e. The number of allylic oxidation sites excluding steroid dienone is 4. The van der Waals surface area contributed by atoms with Gasteiger partial charge in [-0.25, -0.2) is 0 Å². The van der Waals surface area contributed by atoms with Crippen molar-refractivity contribution in [3.63, 3.8) is 0 Å². The van der Waals surface area contributed by atoms with E-state index in [4.69, 9.17) is 10.2 Å². The predicted octanol–water partition coefficient (Wildman–Crippen LogP) is 0.329. The maximum atomic E-state index is 11.6. The molecule has 0 aliphatic heterocycles. The van der Waals surface area contributed by atoms with Gasteiger partial charge < -0.3 is 10.2 Å². The van der Waals surface area contributed by atoms with Crippen LogP contribution in [0.3, 0.4) is 0 Å². The van der Waals surface area contributed by atoms with Gasteiger partial charge in [0.25, 0.3) is 0 Å². The monoisotopic (exact) mass is 222 g/mol. The average molecular weight is 222 g/mol. The van der Waals surface area contributed by atoms with Crippen molar-refractivity contribution in [2.24, 2.45) is 23.7 Å². The minimum absolute atomic E-state index is 0.338. The van der Waals surface area contributed by atoms with Crippen LogP contribution < -0.4 is 0 Å². The molecule has 84 valence electrons. The van der Waals surface area contributed by atoms with E-state index in [0.717, 1.165) is 0 Å². The van der Waals surface area contributed by atoms with Gasteiger partial charge >= 0.3 is 11.9 Å². The third-order valence-corrected chi connectivity index (χ3v) is 3.11. The Kier molecular flexibility index (Phi) is 2.38. The van der Waals surface area contributed by atoms with Gasteiger partial charge in [-0.05, 0) is 6.08 Å². The Balaban J connectivity index is 2.50. The average Bonchev–Trinajstić information content (AvgIpc) is 2.47. The number of fused-ring (bicyclic) bond motifs is 2. The van der Waals surface area contributed by atoms with E-state index in [-0.39, 0.29) is 5.78 Å². The summed E-state index contributed by atoms with van der Waals surface area (Å²) in [6.07, 6.45) is 5.87. The molecule has 2 bridgehead atoms. The van der Waals surface area contributed by atoms with Crippen molar-refractivity contribution in [1.29, 1.82) is 0 Å². The maximum absolute atomic E-state index is 11.6. The van der Waals surface area contributed by atoms with Crippen molar-refractivity contribution in [2.75, 3.05) is 0 Å². The molecule has 3 rings (SSSR count). The molecule has 0 aromatic heterocycles. The summed E-state index contributed by atoms with van der Waals surface area (Å²) in [5, 5.41) is 18.1. The summed E-state index contributed by atoms with van der Waals surface area (Å²) in [4.78, 5) is 33.7. The number of aliphatic carboxylic acids is 2. The summed E-state index contributed by atoms with van der Waals surface area (Å²) in [6.45, 7) is 0. The van der Waals surface area contributed by atoms with Crippen LogP contribution in [-0.4, -0.2) is 27.9 Å². The lowest BCUT2D eigenvalue weighted by Crippen LogP contribution is -2.41. The van der Waals surface area contributed by atoms with Crippen molar-refractivity contribution in [2.45, 2.75) is 0 Å². The van der Waals surface area contributed by atoms with Crippen LogP contribution in [-0.2, 0) is 14.4 Å². The first-order valence-electron chi connectivity index (χ1n) is 4.88. The van der Waals surface area contributed by atoms with Crippen LogP contribution in [0, 0.1) is 23.7 Å². The molecule has 5 heteroatoms. The summed E-state index contributed by atoms with van der Waals surface area (Å²) in [7, 11) is 0. The fourth-order valence-corrected chi connectivity index (χ4v) is 2.35. The molecule has 0 saturated heterocycles. The molecule has 4 atom stereocenters. The Bertz CT molecular complexity index is 420. The highest BCUT2D eigenvalue weighted by molar-refractivity contribution is 5.98. The molecule has 0 fully saturated rings. The van der Waals surface area contributed by atoms with E-state index in [0.29, 0.717) is 0 Å². The van der Waals surface area contributed by atoms with Crippen LogP contribution in [0.2, 0.25) is 0 Å². The third-order valence-electron chi connectivity index (χ3n) is 3.11. The summed E-state index contributed by atoms with van der Waals surface area (Å²) < 4.78 is 0. The first-order valence-corrected chi connectivity index (χ1v) is 4.88. The minimum Gasteiger partial charge on any atom is -0.481 e. The fourth-order valence-electron chi connectivity index (χ4n) is 2.35. The van der Waals surface area contributed by atoms with Crippen LogP contribution in [0.1, 0.15) is 0 Å². The molecule has 3 aliphatic rings. The van der Waals surface area contributed by atoms with Crippen LogP contribution in [0.25, 0.3) is 0 Å². The Hall–Kier alpha value is -1.91. The van der Waals surface area contributed by atoms with Crippen LogP contribution in [0.15, 0.2) is 24.3 Å². The van der Waals surface area contributed by atoms with Gasteiger partial charge in [-0.3, -0.25) is 14.4 Å². The van der Waals surface area contributed by atoms with Crippen LogP contribution >= 0.6 is 0 Å². The Morgan fingerprint density at radius 2 is 1.62 bits per heavy atom. The Morgan fingerprint density at radius 1 is 1.00 bits per heavy atom. The highest BCUT2D eigenvalue weighted by atomic mass is 16.4. The molecule has 0 aromatic carbocycles. The number of hydrogen-bond donors (Lipinski definition) is 2. The van der Waals surface area contributed by atoms with Gasteiger partial charge in [0.05, 0.1) is 17.8 Å². The number of carbonyl (C=O) groups excluding carboxylic acids is 1. The molecule has 3 aliphatic carbocycles. The van der Waals surface area contributed by atoms with Crippen LogP contribution in [0.5, 0.6) is 0 Å². The van der Waals surface area contributed by atoms with E-state index in [2.05, 4.69) is 0 Å². The van der Waals surface area contributed by atoms with Gasteiger partial charge in [0, 0.05) is 5.92 Å². The van der Waals surface area contributed by atoms with Gasteiger partial charge in [0.15, 0.2) is 5.78 Å². The van der Waals surface area contributed by atoms with Gasteiger partial charge in [-0.15, -0.1) is 0 Å². The van der Waals surface area contributed by atoms with E-state index < -0.39 is 35.6 Å². The standard InChI is InChI=1S/C11H10O5/c12-7-4-2-5-1-3-6(7)9(11(15)16)8(5)10(13)14/h1-6,8-9H,(H,13,14)(H,15,16). The van der Waals surface area contributed by atoms with Gasteiger partial charge in [-0.1, -0.05) is 18.2 Å². The van der Waals surface area contributed by atoms with Gasteiger partial charge in [-0.2, -0.15) is 0 Å². The second-order valence-corrected chi connectivity index (χ2v) is 3.98. The van der Waals surface area contributed by atoms with E-state index in [9.17, 15) is 14.4 Å². The number of carbonyl (C=O) groups is 3. The first kappa shape index (κ1) is 10.6. The summed E-state index contributed by atoms with van der Waals surface area (Å²) >= 11 is 0. The van der Waals surface area contributed by atoms with E-state index >= 15 is 0 Å². The summed E-state index contributed by atoms with van der Waals surface area (Å²) in [5.41, 5.74) is 0. The van der Waals surface area contributed by atoms with Crippen molar-refractivity contribution in [1.82, 2.24) is 0 Å². The normalized spacial score (nSPS) is 36.1. The zero-order valence-corrected chi connectivity index (χ0v) is 8.24. The van der Waals surface area contributed by atoms with Gasteiger partial charge in [0.2, 0.25) is 0 Å². The van der Waals surface area contributed by atoms with Crippen molar-refractivity contribution >= 4 is 17.7 Å². The number of hydrogen-bond acceptors (Lipinski definition) is 3. The lowest BCUT2D eigenvalue weighted by atomic mass is 9.71. The topological polar surface area (TPSA) is 91.7 Å². The lowest BCUT2D eigenvalue weighted by molar-refractivity contribution is -0.157. The van der Waals surface area contributed by atoms with E-state index in [1.807, 2.05) is 0 Å².